The molecule has 3 amide bonds. The van der Waals surface area contributed by atoms with Crippen LogP contribution in [0, 0.1) is 0 Å². The summed E-state index contributed by atoms with van der Waals surface area (Å²) in [5.41, 5.74) is 0.701. The van der Waals surface area contributed by atoms with Crippen LogP contribution in [0.3, 0.4) is 0 Å². The Balaban J connectivity index is 1.65. The van der Waals surface area contributed by atoms with Crippen LogP contribution in [0.2, 0.25) is 0 Å². The van der Waals surface area contributed by atoms with Crippen molar-refractivity contribution in [2.24, 2.45) is 0 Å². The summed E-state index contributed by atoms with van der Waals surface area (Å²) in [5.74, 6) is 0.104. The first-order valence-corrected chi connectivity index (χ1v) is 12.1. The van der Waals surface area contributed by atoms with Crippen LogP contribution in [0.15, 0.2) is 53.4 Å². The number of sulfonamides is 1. The van der Waals surface area contributed by atoms with Gasteiger partial charge < -0.3 is 10.1 Å². The number of nitrogens with one attached hydrogen (secondary N) is 1. The fraction of sp³-hybridized carbons (Fsp3) is 0.417. The Labute approximate surface area is 195 Å². The Morgan fingerprint density at radius 2 is 1.58 bits per heavy atom. The van der Waals surface area contributed by atoms with E-state index in [-0.39, 0.29) is 29.4 Å². The van der Waals surface area contributed by atoms with Crippen LogP contribution in [0.5, 0.6) is 5.75 Å². The number of nitrogens with zero attached hydrogens (tertiary/aromatic N) is 2. The van der Waals surface area contributed by atoms with Gasteiger partial charge in [-0.1, -0.05) is 45.0 Å². The standard InChI is InChI=1S/C24H31N3O5S/c1-23(2,3)17-7-9-18(10-8-17)24(4)21(28)27(22(29)25-24)15-16-32-19-11-13-20(14-12-19)33(30,31)26(5)6/h7-14H,15-16H2,1-6H3,(H,25,29). The SMILES string of the molecule is CN(C)S(=O)(=O)c1ccc(OCCN2C(=O)NC(C)(c3ccc(C(C)(C)C)cc3)C2=O)cc1. The third-order valence-corrected chi connectivity index (χ3v) is 7.62. The van der Waals surface area contributed by atoms with E-state index in [4.69, 9.17) is 4.74 Å². The van der Waals surface area contributed by atoms with E-state index in [1.54, 1.807) is 19.1 Å². The van der Waals surface area contributed by atoms with Crippen molar-refractivity contribution < 1.29 is 22.7 Å². The summed E-state index contributed by atoms with van der Waals surface area (Å²) in [4.78, 5) is 26.9. The van der Waals surface area contributed by atoms with Crippen LogP contribution in [0.25, 0.3) is 0 Å². The fourth-order valence-corrected chi connectivity index (χ4v) is 4.47. The molecule has 1 saturated heterocycles. The number of carbonyl (C=O) groups is 2. The second kappa shape index (κ2) is 8.79. The van der Waals surface area contributed by atoms with Gasteiger partial charge in [0.2, 0.25) is 10.0 Å². The molecule has 1 atom stereocenters. The molecule has 1 unspecified atom stereocenters. The highest BCUT2D eigenvalue weighted by atomic mass is 32.2. The molecule has 1 heterocycles. The van der Waals surface area contributed by atoms with Gasteiger partial charge in [-0.05, 0) is 47.7 Å². The topological polar surface area (TPSA) is 96.0 Å². The number of amides is 3. The fourth-order valence-electron chi connectivity index (χ4n) is 3.57. The number of benzene rings is 2. The van der Waals surface area contributed by atoms with E-state index in [1.165, 1.54) is 26.2 Å². The van der Waals surface area contributed by atoms with Gasteiger partial charge in [0, 0.05) is 14.1 Å². The number of hydrogen-bond donors (Lipinski definition) is 1. The molecule has 0 aliphatic carbocycles. The van der Waals surface area contributed by atoms with Crippen LogP contribution in [0.4, 0.5) is 4.79 Å². The predicted octanol–water partition coefficient (Wildman–Crippen LogP) is 3.08. The number of rotatable bonds is 7. The average molecular weight is 474 g/mol. The number of imide groups is 1. The van der Waals surface area contributed by atoms with Gasteiger partial charge >= 0.3 is 6.03 Å². The summed E-state index contributed by atoms with van der Waals surface area (Å²) in [7, 11) is -0.595. The molecule has 0 spiro atoms. The number of carbonyl (C=O) groups excluding carboxylic acids is 2. The average Bonchev–Trinajstić information content (AvgIpc) is 2.97. The molecule has 2 aromatic carbocycles. The van der Waals surface area contributed by atoms with E-state index in [0.29, 0.717) is 5.75 Å². The van der Waals surface area contributed by atoms with Gasteiger partial charge in [0.25, 0.3) is 5.91 Å². The van der Waals surface area contributed by atoms with Crippen LogP contribution >= 0.6 is 0 Å². The zero-order chi connectivity index (χ0) is 24.6. The van der Waals surface area contributed by atoms with Crippen molar-refractivity contribution in [3.63, 3.8) is 0 Å². The van der Waals surface area contributed by atoms with Crippen LogP contribution in [-0.2, 0) is 25.8 Å². The third kappa shape index (κ3) is 4.89. The molecular weight excluding hydrogens is 442 g/mol. The van der Waals surface area contributed by atoms with Crippen LogP contribution < -0.4 is 10.1 Å². The first-order valence-electron chi connectivity index (χ1n) is 10.7. The molecule has 0 aromatic heterocycles. The summed E-state index contributed by atoms with van der Waals surface area (Å²) in [5, 5.41) is 2.80. The van der Waals surface area contributed by atoms with E-state index < -0.39 is 21.6 Å². The summed E-state index contributed by atoms with van der Waals surface area (Å²) in [6.07, 6.45) is 0. The molecule has 3 rings (SSSR count). The third-order valence-electron chi connectivity index (χ3n) is 5.79. The normalized spacial score (nSPS) is 19.2. The van der Waals surface area contributed by atoms with Crippen molar-refractivity contribution >= 4 is 22.0 Å². The zero-order valence-corrected chi connectivity index (χ0v) is 20.7. The van der Waals surface area contributed by atoms with Gasteiger partial charge in [-0.3, -0.25) is 9.69 Å². The lowest BCUT2D eigenvalue weighted by Gasteiger charge is -2.24. The Morgan fingerprint density at radius 3 is 2.09 bits per heavy atom. The minimum atomic E-state index is -3.52. The maximum absolute atomic E-state index is 13.1. The van der Waals surface area contributed by atoms with Crippen molar-refractivity contribution in [3.05, 3.63) is 59.7 Å². The summed E-state index contributed by atoms with van der Waals surface area (Å²) in [6.45, 7) is 8.19. The quantitative estimate of drug-likeness (QED) is 0.624. The van der Waals surface area contributed by atoms with E-state index in [2.05, 4.69) is 26.1 Å². The summed E-state index contributed by atoms with van der Waals surface area (Å²) < 4.78 is 31.1. The van der Waals surface area contributed by atoms with Crippen LogP contribution in [0.1, 0.15) is 38.8 Å². The van der Waals surface area contributed by atoms with Gasteiger partial charge in [-0.15, -0.1) is 0 Å². The second-order valence-corrected chi connectivity index (χ2v) is 11.6. The predicted molar refractivity (Wildman–Crippen MR) is 126 cm³/mol. The Hall–Kier alpha value is -2.91. The second-order valence-electron chi connectivity index (χ2n) is 9.45. The number of hydrogen-bond acceptors (Lipinski definition) is 5. The van der Waals surface area contributed by atoms with Crippen molar-refractivity contribution in [2.75, 3.05) is 27.2 Å². The molecular formula is C24H31N3O5S. The lowest BCUT2D eigenvalue weighted by molar-refractivity contribution is -0.131. The highest BCUT2D eigenvalue weighted by Crippen LogP contribution is 2.31. The minimum absolute atomic E-state index is 0.0133. The molecule has 178 valence electrons. The van der Waals surface area contributed by atoms with Crippen LogP contribution in [-0.4, -0.2) is 56.8 Å². The Kier molecular flexibility index (Phi) is 6.59. The van der Waals surface area contributed by atoms with Gasteiger partial charge in [0.05, 0.1) is 11.4 Å². The molecule has 1 aliphatic rings. The molecule has 9 heteroatoms. The lowest BCUT2D eigenvalue weighted by atomic mass is 9.84. The Bertz CT molecular complexity index is 1140. The highest BCUT2D eigenvalue weighted by molar-refractivity contribution is 7.89. The van der Waals surface area contributed by atoms with Gasteiger partial charge in [-0.25, -0.2) is 17.5 Å². The molecule has 2 aromatic rings. The molecule has 0 saturated carbocycles. The number of urea groups is 1. The zero-order valence-electron chi connectivity index (χ0n) is 19.9. The van der Waals surface area contributed by atoms with E-state index >= 15 is 0 Å². The van der Waals surface area contributed by atoms with Crippen molar-refractivity contribution in [1.29, 1.82) is 0 Å². The van der Waals surface area contributed by atoms with E-state index in [0.717, 1.165) is 20.3 Å². The van der Waals surface area contributed by atoms with Crippen molar-refractivity contribution in [2.45, 2.75) is 43.5 Å². The molecule has 33 heavy (non-hydrogen) atoms. The first kappa shape index (κ1) is 24.7. The molecule has 1 N–H and O–H groups in total. The smallest absolute Gasteiger partial charge is 0.325 e. The maximum Gasteiger partial charge on any atom is 0.325 e. The first-order chi connectivity index (χ1) is 15.3. The van der Waals surface area contributed by atoms with Gasteiger partial charge in [0.1, 0.15) is 17.9 Å². The molecule has 1 fully saturated rings. The highest BCUT2D eigenvalue weighted by Gasteiger charge is 2.48. The lowest BCUT2D eigenvalue weighted by Crippen LogP contribution is -2.41. The maximum atomic E-state index is 13.1. The van der Waals surface area contributed by atoms with Gasteiger partial charge in [-0.2, -0.15) is 0 Å². The molecule has 8 nitrogen and oxygen atoms in total. The van der Waals surface area contributed by atoms with Crippen molar-refractivity contribution in [1.82, 2.24) is 14.5 Å². The molecule has 1 aliphatic heterocycles. The van der Waals surface area contributed by atoms with E-state index in [1.807, 2.05) is 24.3 Å². The Morgan fingerprint density at radius 1 is 1.00 bits per heavy atom. The summed E-state index contributed by atoms with van der Waals surface area (Å²) in [6, 6.07) is 13.2. The molecule has 0 radical (unpaired) electrons. The molecule has 0 bridgehead atoms. The van der Waals surface area contributed by atoms with E-state index in [9.17, 15) is 18.0 Å². The monoisotopic (exact) mass is 473 g/mol. The van der Waals surface area contributed by atoms with Crippen molar-refractivity contribution in [3.8, 4) is 5.75 Å². The largest absolute Gasteiger partial charge is 0.492 e. The minimum Gasteiger partial charge on any atom is -0.492 e. The summed E-state index contributed by atoms with van der Waals surface area (Å²) >= 11 is 0. The number of ether oxygens (including phenoxy) is 1. The van der Waals surface area contributed by atoms with Gasteiger partial charge in [0.15, 0.2) is 0 Å².